The van der Waals surface area contributed by atoms with Crippen molar-refractivity contribution < 1.29 is 14.6 Å². The monoisotopic (exact) mass is 319 g/mol. The Bertz CT molecular complexity index is 814. The lowest BCUT2D eigenvalue weighted by Gasteiger charge is -2.08. The largest absolute Gasteiger partial charge is 0.508 e. The molecule has 0 fully saturated rings. The van der Waals surface area contributed by atoms with E-state index in [1.54, 1.807) is 30.3 Å². The average molecular weight is 319 g/mol. The molecule has 0 saturated carbocycles. The Morgan fingerprint density at radius 2 is 1.62 bits per heavy atom. The molecule has 0 heterocycles. The summed E-state index contributed by atoms with van der Waals surface area (Å²) in [7, 11) is 0. The summed E-state index contributed by atoms with van der Waals surface area (Å²) in [5.41, 5.74) is 3.45. The second-order valence-electron chi connectivity index (χ2n) is 5.31. The molecule has 0 bridgehead atoms. The maximum absolute atomic E-state index is 11.8. The van der Waals surface area contributed by atoms with Crippen LogP contribution >= 0.6 is 0 Å². The minimum absolute atomic E-state index is 0.221. The van der Waals surface area contributed by atoms with E-state index in [9.17, 15) is 9.90 Å². The molecule has 1 amide bonds. The molecule has 0 aliphatic heterocycles. The van der Waals surface area contributed by atoms with Crippen LogP contribution in [0.2, 0.25) is 0 Å². The Hall–Kier alpha value is -3.27. The Labute approximate surface area is 140 Å². The highest BCUT2D eigenvalue weighted by molar-refractivity contribution is 5.85. The molecule has 24 heavy (non-hydrogen) atoms. The second kappa shape index (κ2) is 7.33. The summed E-state index contributed by atoms with van der Waals surface area (Å²) >= 11 is 0. The van der Waals surface area contributed by atoms with Gasteiger partial charge in [-0.15, -0.1) is 0 Å². The number of rotatable bonds is 4. The number of carbonyl (C=O) groups excluding carboxylic acids is 1. The first kappa shape index (κ1) is 15.6. The Morgan fingerprint density at radius 1 is 0.875 bits per heavy atom. The van der Waals surface area contributed by atoms with Crippen LogP contribution in [0.5, 0.6) is 5.75 Å². The van der Waals surface area contributed by atoms with E-state index in [0.29, 0.717) is 5.69 Å². The topological polar surface area (TPSA) is 58.6 Å². The lowest BCUT2D eigenvalue weighted by molar-refractivity contribution is 0.155. The number of nitrogens with one attached hydrogen (secondary N) is 1. The molecule has 3 aromatic rings. The van der Waals surface area contributed by atoms with Crippen LogP contribution in [0.15, 0.2) is 78.9 Å². The summed E-state index contributed by atoms with van der Waals surface area (Å²) in [6.07, 6.45) is -0.496. The van der Waals surface area contributed by atoms with Crippen molar-refractivity contribution in [2.24, 2.45) is 0 Å². The molecule has 0 aromatic heterocycles. The van der Waals surface area contributed by atoms with E-state index in [0.717, 1.165) is 16.7 Å². The highest BCUT2D eigenvalue weighted by Crippen LogP contribution is 2.24. The summed E-state index contributed by atoms with van der Waals surface area (Å²) in [4.78, 5) is 11.8. The molecule has 3 aromatic carbocycles. The molecule has 0 aliphatic carbocycles. The quantitative estimate of drug-likeness (QED) is 0.725. The maximum atomic E-state index is 11.8. The van der Waals surface area contributed by atoms with Crippen LogP contribution in [0.25, 0.3) is 11.1 Å². The van der Waals surface area contributed by atoms with Crippen molar-refractivity contribution in [3.63, 3.8) is 0 Å². The number of phenolic OH excluding ortho intramolecular Hbond substituents is 1. The molecule has 2 N–H and O–H groups in total. The van der Waals surface area contributed by atoms with Gasteiger partial charge in [0.05, 0.1) is 0 Å². The molecule has 3 rings (SSSR count). The fourth-order valence-electron chi connectivity index (χ4n) is 2.31. The number of carbonyl (C=O) groups is 1. The number of anilines is 1. The minimum atomic E-state index is -0.496. The first-order valence-electron chi connectivity index (χ1n) is 7.58. The van der Waals surface area contributed by atoms with E-state index < -0.39 is 6.09 Å². The first-order chi connectivity index (χ1) is 11.7. The number of hydrogen-bond acceptors (Lipinski definition) is 3. The van der Waals surface area contributed by atoms with E-state index in [2.05, 4.69) is 5.32 Å². The molecule has 4 nitrogen and oxygen atoms in total. The standard InChI is InChI=1S/C20H17NO3/c22-19-8-4-7-17(13-19)16-9-11-18(12-10-16)21-20(23)24-14-15-5-2-1-3-6-15/h1-13,22H,14H2,(H,21,23). The van der Waals surface area contributed by atoms with Gasteiger partial charge in [0.1, 0.15) is 12.4 Å². The van der Waals surface area contributed by atoms with E-state index >= 15 is 0 Å². The number of aromatic hydroxyl groups is 1. The smallest absolute Gasteiger partial charge is 0.411 e. The Morgan fingerprint density at radius 3 is 2.33 bits per heavy atom. The first-order valence-corrected chi connectivity index (χ1v) is 7.58. The second-order valence-corrected chi connectivity index (χ2v) is 5.31. The summed E-state index contributed by atoms with van der Waals surface area (Å²) in [5.74, 6) is 0.221. The van der Waals surface area contributed by atoms with E-state index in [-0.39, 0.29) is 12.4 Å². The number of benzene rings is 3. The zero-order valence-electron chi connectivity index (χ0n) is 13.0. The van der Waals surface area contributed by atoms with Gasteiger partial charge in [0.2, 0.25) is 0 Å². The van der Waals surface area contributed by atoms with E-state index in [1.807, 2.05) is 48.5 Å². The molecule has 0 radical (unpaired) electrons. The van der Waals surface area contributed by atoms with Crippen LogP contribution < -0.4 is 5.32 Å². The van der Waals surface area contributed by atoms with Gasteiger partial charge in [-0.1, -0.05) is 54.6 Å². The number of ether oxygens (including phenoxy) is 1. The summed E-state index contributed by atoms with van der Waals surface area (Å²) in [6, 6.07) is 23.9. The number of hydrogen-bond donors (Lipinski definition) is 2. The summed E-state index contributed by atoms with van der Waals surface area (Å²) in [6.45, 7) is 0.230. The Kier molecular flexibility index (Phi) is 4.77. The fourth-order valence-corrected chi connectivity index (χ4v) is 2.31. The number of phenols is 1. The predicted molar refractivity (Wildman–Crippen MR) is 93.8 cm³/mol. The van der Waals surface area contributed by atoms with Gasteiger partial charge in [-0.25, -0.2) is 4.79 Å². The third-order valence-electron chi connectivity index (χ3n) is 3.52. The van der Waals surface area contributed by atoms with Crippen LogP contribution in [-0.4, -0.2) is 11.2 Å². The lowest BCUT2D eigenvalue weighted by atomic mass is 10.1. The SMILES string of the molecule is O=C(Nc1ccc(-c2cccc(O)c2)cc1)OCc1ccccc1. The molecule has 120 valence electrons. The minimum Gasteiger partial charge on any atom is -0.508 e. The fraction of sp³-hybridized carbons (Fsp3) is 0.0500. The van der Waals surface area contributed by atoms with Gasteiger partial charge in [-0.2, -0.15) is 0 Å². The molecule has 0 spiro atoms. The van der Waals surface area contributed by atoms with Crippen molar-refractivity contribution in [1.82, 2.24) is 0 Å². The zero-order valence-corrected chi connectivity index (χ0v) is 13.0. The third-order valence-corrected chi connectivity index (χ3v) is 3.52. The number of amides is 1. The maximum Gasteiger partial charge on any atom is 0.411 e. The van der Waals surface area contributed by atoms with Crippen LogP contribution in [0.3, 0.4) is 0 Å². The third kappa shape index (κ3) is 4.14. The molecular weight excluding hydrogens is 302 g/mol. The molecule has 0 atom stereocenters. The zero-order chi connectivity index (χ0) is 16.8. The van der Waals surface area contributed by atoms with Crippen molar-refractivity contribution >= 4 is 11.8 Å². The highest BCUT2D eigenvalue weighted by atomic mass is 16.5. The van der Waals surface area contributed by atoms with Crippen LogP contribution in [0.4, 0.5) is 10.5 Å². The molecule has 0 unspecified atom stereocenters. The van der Waals surface area contributed by atoms with E-state index in [4.69, 9.17) is 4.74 Å². The van der Waals surface area contributed by atoms with Crippen molar-refractivity contribution in [3.8, 4) is 16.9 Å². The molecular formula is C20H17NO3. The Balaban J connectivity index is 1.58. The van der Waals surface area contributed by atoms with Crippen LogP contribution in [-0.2, 0) is 11.3 Å². The predicted octanol–water partition coefficient (Wildman–Crippen LogP) is 4.81. The van der Waals surface area contributed by atoms with Gasteiger partial charge < -0.3 is 9.84 Å². The lowest BCUT2D eigenvalue weighted by Crippen LogP contribution is -2.13. The van der Waals surface area contributed by atoms with Crippen LogP contribution in [0.1, 0.15) is 5.56 Å². The average Bonchev–Trinajstić information content (AvgIpc) is 2.61. The van der Waals surface area contributed by atoms with Gasteiger partial charge in [0.15, 0.2) is 0 Å². The van der Waals surface area contributed by atoms with Crippen molar-refractivity contribution in [1.29, 1.82) is 0 Å². The van der Waals surface area contributed by atoms with Gasteiger partial charge in [-0.3, -0.25) is 5.32 Å². The molecule has 4 heteroatoms. The summed E-state index contributed by atoms with van der Waals surface area (Å²) < 4.78 is 5.18. The van der Waals surface area contributed by atoms with E-state index in [1.165, 1.54) is 0 Å². The van der Waals surface area contributed by atoms with Crippen molar-refractivity contribution in [2.75, 3.05) is 5.32 Å². The van der Waals surface area contributed by atoms with Gasteiger partial charge in [0, 0.05) is 5.69 Å². The van der Waals surface area contributed by atoms with Crippen LogP contribution in [0, 0.1) is 0 Å². The van der Waals surface area contributed by atoms with Crippen molar-refractivity contribution in [2.45, 2.75) is 6.61 Å². The van der Waals surface area contributed by atoms with Gasteiger partial charge in [0.25, 0.3) is 0 Å². The van der Waals surface area contributed by atoms with Crippen molar-refractivity contribution in [3.05, 3.63) is 84.4 Å². The normalized spacial score (nSPS) is 10.2. The molecule has 0 aliphatic rings. The summed E-state index contributed by atoms with van der Waals surface area (Å²) in [5, 5.41) is 12.2. The molecule has 0 saturated heterocycles. The van der Waals surface area contributed by atoms with Gasteiger partial charge in [-0.05, 0) is 41.0 Å². The van der Waals surface area contributed by atoms with Gasteiger partial charge >= 0.3 is 6.09 Å². The highest BCUT2D eigenvalue weighted by Gasteiger charge is 2.04.